The lowest BCUT2D eigenvalue weighted by Crippen LogP contribution is -2.66. The summed E-state index contributed by atoms with van der Waals surface area (Å²) in [5.41, 5.74) is 0. The second kappa shape index (κ2) is 39.2. The van der Waals surface area contributed by atoms with Gasteiger partial charge < -0.3 is 89.9 Å². The first-order chi connectivity index (χ1) is 35.3. The van der Waals surface area contributed by atoms with Crippen molar-refractivity contribution in [3.8, 4) is 0 Å². The predicted molar refractivity (Wildman–Crippen MR) is 273 cm³/mol. The lowest BCUT2D eigenvalue weighted by molar-refractivity contribution is -0.379. The van der Waals surface area contributed by atoms with Gasteiger partial charge in [-0.15, -0.1) is 0 Å². The summed E-state index contributed by atoms with van der Waals surface area (Å²) in [4.78, 5) is 12.1. The second-order valence-electron chi connectivity index (χ2n) is 21.2. The quantitative estimate of drug-likeness (QED) is 0.0384. The largest absolute Gasteiger partial charge is 0.394 e. The molecule has 0 saturated carbocycles. The monoisotopic (exact) mass is 1050 g/mol. The molecule has 3 saturated heterocycles. The highest BCUT2D eigenvalue weighted by Gasteiger charge is 2.53. The molecular formula is C54H103NO18. The molecule has 73 heavy (non-hydrogen) atoms. The molecule has 0 aromatic heterocycles. The highest BCUT2D eigenvalue weighted by atomic mass is 16.8. The van der Waals surface area contributed by atoms with Gasteiger partial charge in [-0.05, 0) is 6.42 Å². The van der Waals surface area contributed by atoms with E-state index in [-0.39, 0.29) is 6.61 Å². The predicted octanol–water partition coefficient (Wildman–Crippen LogP) is 4.04. The van der Waals surface area contributed by atoms with Crippen LogP contribution in [0.3, 0.4) is 0 Å². The second-order valence-corrected chi connectivity index (χ2v) is 21.2. The molecule has 17 atom stereocenters. The molecule has 0 bridgehead atoms. The van der Waals surface area contributed by atoms with Gasteiger partial charge in [0.1, 0.15) is 73.2 Å². The van der Waals surface area contributed by atoms with E-state index < -0.39 is 130 Å². The number of hydrogen-bond acceptors (Lipinski definition) is 18. The van der Waals surface area contributed by atoms with Gasteiger partial charge in [0.25, 0.3) is 0 Å². The fourth-order valence-electron chi connectivity index (χ4n) is 10.3. The van der Waals surface area contributed by atoms with Crippen LogP contribution in [0.2, 0.25) is 0 Å². The Morgan fingerprint density at radius 1 is 0.438 bits per heavy atom. The molecule has 0 aliphatic carbocycles. The minimum Gasteiger partial charge on any atom is -0.394 e. The Labute approximate surface area is 436 Å². The highest BCUT2D eigenvalue weighted by Crippen LogP contribution is 2.33. The molecule has 19 heteroatoms. The summed E-state index contributed by atoms with van der Waals surface area (Å²) in [5, 5.41) is 118. The van der Waals surface area contributed by atoms with E-state index in [1.807, 2.05) is 0 Å². The molecule has 19 nitrogen and oxygen atoms in total. The topological polar surface area (TPSA) is 307 Å². The minimum absolute atomic E-state index is 0.316. The van der Waals surface area contributed by atoms with Gasteiger partial charge in [-0.1, -0.05) is 193 Å². The zero-order valence-electron chi connectivity index (χ0n) is 44.6. The number of nitrogens with one attached hydrogen (secondary N) is 1. The van der Waals surface area contributed by atoms with Crippen molar-refractivity contribution in [2.24, 2.45) is 0 Å². The summed E-state index contributed by atoms with van der Waals surface area (Å²) < 4.78 is 33.8. The van der Waals surface area contributed by atoms with Crippen LogP contribution in [-0.4, -0.2) is 193 Å². The van der Waals surface area contributed by atoms with Crippen molar-refractivity contribution >= 4 is 5.91 Å². The normalized spacial score (nSPS) is 31.7. The lowest BCUT2D eigenvalue weighted by atomic mass is 9.96. The fourth-order valence-corrected chi connectivity index (χ4v) is 10.3. The molecule has 0 aromatic rings. The Kier molecular flexibility index (Phi) is 35.5. The van der Waals surface area contributed by atoms with E-state index in [9.17, 15) is 61.0 Å². The van der Waals surface area contributed by atoms with E-state index in [4.69, 9.17) is 28.4 Å². The number of ether oxygens (including phenoxy) is 6. The van der Waals surface area contributed by atoms with Crippen LogP contribution in [0, 0.1) is 0 Å². The molecule has 432 valence electrons. The molecule has 3 aliphatic rings. The van der Waals surface area contributed by atoms with Crippen molar-refractivity contribution in [3.05, 3.63) is 0 Å². The van der Waals surface area contributed by atoms with Crippen molar-refractivity contribution in [2.45, 2.75) is 311 Å². The van der Waals surface area contributed by atoms with Crippen LogP contribution in [0.1, 0.15) is 206 Å². The summed E-state index contributed by atoms with van der Waals surface area (Å²) in [6.07, 6.45) is 12.1. The van der Waals surface area contributed by atoms with Gasteiger partial charge in [0, 0.05) is 6.92 Å². The highest BCUT2D eigenvalue weighted by molar-refractivity contribution is 5.73. The fraction of sp³-hybridized carbons (Fsp3) is 0.981. The Bertz CT molecular complexity index is 1350. The molecule has 0 spiro atoms. The molecule has 3 rings (SSSR count). The average Bonchev–Trinajstić information content (AvgIpc) is 3.38. The maximum Gasteiger partial charge on any atom is 0.217 e. The molecular weight excluding hydrogens is 951 g/mol. The van der Waals surface area contributed by atoms with Gasteiger partial charge in [0.15, 0.2) is 18.9 Å². The van der Waals surface area contributed by atoms with Crippen LogP contribution in [0.15, 0.2) is 0 Å². The summed E-state index contributed by atoms with van der Waals surface area (Å²) in [7, 11) is 0. The molecule has 17 unspecified atom stereocenters. The maximum absolute atomic E-state index is 12.1. The summed E-state index contributed by atoms with van der Waals surface area (Å²) in [6.45, 7) is 0.865. The van der Waals surface area contributed by atoms with E-state index >= 15 is 0 Å². The number of amides is 1. The molecule has 3 fully saturated rings. The standard InChI is InChI=1S/C54H103NO18/c1-3-4-5-6-7-8-9-10-11-12-13-14-15-16-17-18-19-20-21-22-23-24-25-26-27-28-29-30-31-32-39(60)38(55-37(2)59)36-68-52-48(66)45(63)50(41(34-57)70-52)73-54-49(67)46(64)51(42(35-58)71-54)72-53-47(65)44(62)43(61)40(33-56)69-53/h38-54,56-58,60-67H,3-36H2,1-2H3,(H,55,59). The Balaban J connectivity index is 1.24. The molecule has 1 amide bonds. The van der Waals surface area contributed by atoms with E-state index in [0.29, 0.717) is 6.42 Å². The number of unbranched alkanes of at least 4 members (excludes halogenated alkanes) is 28. The van der Waals surface area contributed by atoms with Gasteiger partial charge in [-0.25, -0.2) is 0 Å². The van der Waals surface area contributed by atoms with E-state index in [1.165, 1.54) is 167 Å². The van der Waals surface area contributed by atoms with E-state index in [2.05, 4.69) is 12.2 Å². The number of carbonyl (C=O) groups excluding carboxylic acids is 1. The van der Waals surface area contributed by atoms with Crippen molar-refractivity contribution in [1.29, 1.82) is 0 Å². The molecule has 12 N–H and O–H groups in total. The first-order valence-electron chi connectivity index (χ1n) is 28.7. The smallest absolute Gasteiger partial charge is 0.217 e. The molecule has 0 aromatic carbocycles. The number of hydrogen-bond donors (Lipinski definition) is 12. The zero-order valence-corrected chi connectivity index (χ0v) is 44.6. The Morgan fingerprint density at radius 2 is 0.753 bits per heavy atom. The summed E-state index contributed by atoms with van der Waals surface area (Å²) in [5.74, 6) is -0.416. The van der Waals surface area contributed by atoms with Gasteiger partial charge in [-0.3, -0.25) is 4.79 Å². The van der Waals surface area contributed by atoms with Crippen LogP contribution in [0.4, 0.5) is 0 Å². The van der Waals surface area contributed by atoms with Crippen LogP contribution < -0.4 is 5.32 Å². The van der Waals surface area contributed by atoms with Crippen molar-refractivity contribution in [2.75, 3.05) is 26.4 Å². The van der Waals surface area contributed by atoms with Crippen molar-refractivity contribution < 1.29 is 89.4 Å². The SMILES string of the molecule is CCCCCCCCCCCCCCCCCCCCCCCCCCCCCCCC(O)C(COC1OC(CO)C(OC2OC(CO)C(OC3OC(CO)C(O)C(O)C3O)C(O)C2O)C(O)C1O)NC(C)=O. The molecule has 3 heterocycles. The summed E-state index contributed by atoms with van der Waals surface area (Å²) >= 11 is 0. The van der Waals surface area contributed by atoms with Gasteiger partial charge in [0.05, 0.1) is 38.6 Å². The number of carbonyl (C=O) groups is 1. The van der Waals surface area contributed by atoms with Crippen LogP contribution in [0.25, 0.3) is 0 Å². The zero-order chi connectivity index (χ0) is 53.4. The maximum atomic E-state index is 12.1. The first kappa shape index (κ1) is 66.1. The third-order valence-electron chi connectivity index (χ3n) is 15.0. The van der Waals surface area contributed by atoms with Crippen molar-refractivity contribution in [1.82, 2.24) is 5.32 Å². The first-order valence-corrected chi connectivity index (χ1v) is 28.7. The summed E-state index contributed by atoms with van der Waals surface area (Å²) in [6, 6.07) is -0.883. The Morgan fingerprint density at radius 3 is 1.11 bits per heavy atom. The lowest BCUT2D eigenvalue weighted by Gasteiger charge is -2.48. The van der Waals surface area contributed by atoms with Gasteiger partial charge in [-0.2, -0.15) is 0 Å². The number of aliphatic hydroxyl groups is 11. The van der Waals surface area contributed by atoms with Crippen LogP contribution in [0.5, 0.6) is 0 Å². The van der Waals surface area contributed by atoms with Crippen LogP contribution >= 0.6 is 0 Å². The van der Waals surface area contributed by atoms with E-state index in [1.54, 1.807) is 0 Å². The third kappa shape index (κ3) is 24.6. The van der Waals surface area contributed by atoms with Gasteiger partial charge in [0.2, 0.25) is 5.91 Å². The average molecular weight is 1050 g/mol. The van der Waals surface area contributed by atoms with Crippen molar-refractivity contribution in [3.63, 3.8) is 0 Å². The number of rotatable bonds is 42. The van der Waals surface area contributed by atoms with Gasteiger partial charge >= 0.3 is 0 Å². The molecule has 3 aliphatic heterocycles. The number of aliphatic hydroxyl groups excluding tert-OH is 11. The third-order valence-corrected chi connectivity index (χ3v) is 15.0. The van der Waals surface area contributed by atoms with E-state index in [0.717, 1.165) is 25.7 Å². The van der Waals surface area contributed by atoms with Crippen LogP contribution in [-0.2, 0) is 33.2 Å². The molecule has 0 radical (unpaired) electrons. The minimum atomic E-state index is -1.96. The Hall–Kier alpha value is -1.21.